The minimum absolute atomic E-state index is 0.0692. The van der Waals surface area contributed by atoms with Gasteiger partial charge >= 0.3 is 0 Å². The third-order valence-corrected chi connectivity index (χ3v) is 4.28. The van der Waals surface area contributed by atoms with Gasteiger partial charge in [0.1, 0.15) is 0 Å². The van der Waals surface area contributed by atoms with Gasteiger partial charge < -0.3 is 4.90 Å². The standard InChI is InChI=1S/C17H18BrNO/c1-13-15(9-6-10-16(13)18)17(20)19(2)12-11-14-7-4-3-5-8-14/h3-10H,11-12H2,1-2H3. The Kier molecular flexibility index (Phi) is 4.96. The minimum atomic E-state index is 0.0692. The molecule has 0 atom stereocenters. The van der Waals surface area contributed by atoms with Crippen molar-refractivity contribution in [2.45, 2.75) is 13.3 Å². The summed E-state index contributed by atoms with van der Waals surface area (Å²) in [6.45, 7) is 2.68. The molecule has 0 aliphatic rings. The van der Waals surface area contributed by atoms with Gasteiger partial charge in [0.2, 0.25) is 0 Å². The highest BCUT2D eigenvalue weighted by Gasteiger charge is 2.14. The van der Waals surface area contributed by atoms with Crippen molar-refractivity contribution in [1.82, 2.24) is 4.90 Å². The smallest absolute Gasteiger partial charge is 0.253 e. The first-order chi connectivity index (χ1) is 9.59. The summed E-state index contributed by atoms with van der Waals surface area (Å²) in [5.41, 5.74) is 3.00. The Morgan fingerprint density at radius 2 is 1.80 bits per heavy atom. The first kappa shape index (κ1) is 14.8. The van der Waals surface area contributed by atoms with Crippen molar-refractivity contribution in [3.63, 3.8) is 0 Å². The molecule has 104 valence electrons. The van der Waals surface area contributed by atoms with E-state index in [1.807, 2.05) is 50.4 Å². The van der Waals surface area contributed by atoms with Crippen LogP contribution in [0.2, 0.25) is 0 Å². The molecule has 0 aliphatic carbocycles. The molecule has 2 rings (SSSR count). The molecule has 0 aromatic heterocycles. The van der Waals surface area contributed by atoms with Gasteiger partial charge in [0.05, 0.1) is 0 Å². The van der Waals surface area contributed by atoms with E-state index in [1.165, 1.54) is 5.56 Å². The lowest BCUT2D eigenvalue weighted by atomic mass is 10.1. The van der Waals surface area contributed by atoms with Crippen molar-refractivity contribution in [2.24, 2.45) is 0 Å². The van der Waals surface area contributed by atoms with Crippen molar-refractivity contribution in [3.05, 3.63) is 69.7 Å². The van der Waals surface area contributed by atoms with Crippen LogP contribution in [-0.2, 0) is 6.42 Å². The summed E-state index contributed by atoms with van der Waals surface area (Å²) < 4.78 is 0.972. The molecule has 0 spiro atoms. The zero-order valence-corrected chi connectivity index (χ0v) is 13.4. The molecule has 0 radical (unpaired) electrons. The van der Waals surface area contributed by atoms with E-state index < -0.39 is 0 Å². The molecule has 0 N–H and O–H groups in total. The summed E-state index contributed by atoms with van der Waals surface area (Å²) >= 11 is 3.47. The van der Waals surface area contributed by atoms with Gasteiger partial charge in [-0.2, -0.15) is 0 Å². The SMILES string of the molecule is Cc1c(Br)cccc1C(=O)N(C)CCc1ccccc1. The van der Waals surface area contributed by atoms with Crippen LogP contribution in [0.15, 0.2) is 53.0 Å². The Morgan fingerprint density at radius 3 is 2.50 bits per heavy atom. The first-order valence-corrected chi connectivity index (χ1v) is 7.43. The molecule has 3 heteroatoms. The Morgan fingerprint density at radius 1 is 1.10 bits per heavy atom. The van der Waals surface area contributed by atoms with E-state index >= 15 is 0 Å². The topological polar surface area (TPSA) is 20.3 Å². The van der Waals surface area contributed by atoms with Gasteiger partial charge in [0.15, 0.2) is 0 Å². The van der Waals surface area contributed by atoms with Crippen LogP contribution in [0, 0.1) is 6.92 Å². The average Bonchev–Trinajstić information content (AvgIpc) is 2.48. The number of hydrogen-bond donors (Lipinski definition) is 0. The van der Waals surface area contributed by atoms with Crippen molar-refractivity contribution in [3.8, 4) is 0 Å². The van der Waals surface area contributed by atoms with Gasteiger partial charge in [-0.3, -0.25) is 4.79 Å². The Balaban J connectivity index is 2.04. The Bertz CT molecular complexity index is 595. The number of nitrogens with zero attached hydrogens (tertiary/aromatic N) is 1. The van der Waals surface area contributed by atoms with Crippen LogP contribution >= 0.6 is 15.9 Å². The van der Waals surface area contributed by atoms with E-state index in [9.17, 15) is 4.79 Å². The van der Waals surface area contributed by atoms with Crippen LogP contribution in [0.5, 0.6) is 0 Å². The highest BCUT2D eigenvalue weighted by atomic mass is 79.9. The molecule has 0 aliphatic heterocycles. The van der Waals surface area contributed by atoms with Gasteiger partial charge in [-0.05, 0) is 36.6 Å². The number of likely N-dealkylation sites (N-methyl/N-ethyl adjacent to an activating group) is 1. The molecular formula is C17H18BrNO. The van der Waals surface area contributed by atoms with Crippen LogP contribution in [0.3, 0.4) is 0 Å². The number of benzene rings is 2. The van der Waals surface area contributed by atoms with E-state index in [4.69, 9.17) is 0 Å². The number of halogens is 1. The molecule has 2 aromatic carbocycles. The lowest BCUT2D eigenvalue weighted by Crippen LogP contribution is -2.29. The zero-order valence-electron chi connectivity index (χ0n) is 11.8. The zero-order chi connectivity index (χ0) is 14.5. The van der Waals surface area contributed by atoms with E-state index in [2.05, 4.69) is 28.1 Å². The quantitative estimate of drug-likeness (QED) is 0.826. The Hall–Kier alpha value is -1.61. The maximum atomic E-state index is 12.4. The van der Waals surface area contributed by atoms with Crippen LogP contribution in [0.25, 0.3) is 0 Å². The number of hydrogen-bond acceptors (Lipinski definition) is 1. The normalized spacial score (nSPS) is 10.3. The summed E-state index contributed by atoms with van der Waals surface area (Å²) in [4.78, 5) is 14.2. The van der Waals surface area contributed by atoms with E-state index in [1.54, 1.807) is 4.90 Å². The van der Waals surface area contributed by atoms with Gasteiger partial charge in [0.25, 0.3) is 5.91 Å². The molecule has 2 aromatic rings. The largest absolute Gasteiger partial charge is 0.341 e. The molecule has 0 bridgehead atoms. The summed E-state index contributed by atoms with van der Waals surface area (Å²) in [6.07, 6.45) is 0.871. The third-order valence-electron chi connectivity index (χ3n) is 3.42. The molecule has 1 amide bonds. The first-order valence-electron chi connectivity index (χ1n) is 6.64. The maximum Gasteiger partial charge on any atom is 0.253 e. The van der Waals surface area contributed by atoms with Gasteiger partial charge in [-0.25, -0.2) is 0 Å². The molecule has 0 saturated heterocycles. The fourth-order valence-corrected chi connectivity index (χ4v) is 2.45. The molecule has 0 saturated carbocycles. The predicted molar refractivity (Wildman–Crippen MR) is 86.0 cm³/mol. The summed E-state index contributed by atoms with van der Waals surface area (Å²) in [5.74, 6) is 0.0692. The van der Waals surface area contributed by atoms with Crippen LogP contribution in [0.4, 0.5) is 0 Å². The van der Waals surface area contributed by atoms with Crippen molar-refractivity contribution in [2.75, 3.05) is 13.6 Å². The second-order valence-electron chi connectivity index (χ2n) is 4.87. The lowest BCUT2D eigenvalue weighted by Gasteiger charge is -2.18. The van der Waals surface area contributed by atoms with Crippen LogP contribution in [-0.4, -0.2) is 24.4 Å². The maximum absolute atomic E-state index is 12.4. The number of carbonyl (C=O) groups is 1. The predicted octanol–water partition coefficient (Wildman–Crippen LogP) is 4.07. The van der Waals surface area contributed by atoms with Crippen molar-refractivity contribution >= 4 is 21.8 Å². The number of rotatable bonds is 4. The molecule has 0 fully saturated rings. The second kappa shape index (κ2) is 6.71. The van der Waals surface area contributed by atoms with Gasteiger partial charge in [-0.1, -0.05) is 52.3 Å². The molecule has 0 unspecified atom stereocenters. The summed E-state index contributed by atoms with van der Waals surface area (Å²) in [5, 5.41) is 0. The van der Waals surface area contributed by atoms with Gasteiger partial charge in [0, 0.05) is 23.6 Å². The summed E-state index contributed by atoms with van der Waals surface area (Å²) in [7, 11) is 1.85. The second-order valence-corrected chi connectivity index (χ2v) is 5.73. The van der Waals surface area contributed by atoms with E-state index in [-0.39, 0.29) is 5.91 Å². The van der Waals surface area contributed by atoms with E-state index in [0.29, 0.717) is 0 Å². The lowest BCUT2D eigenvalue weighted by molar-refractivity contribution is 0.0796. The summed E-state index contributed by atoms with van der Waals surface area (Å²) in [6, 6.07) is 16.0. The number of carbonyl (C=O) groups excluding carboxylic acids is 1. The minimum Gasteiger partial charge on any atom is -0.341 e. The van der Waals surface area contributed by atoms with Crippen LogP contribution in [0.1, 0.15) is 21.5 Å². The number of amides is 1. The van der Waals surface area contributed by atoms with Crippen LogP contribution < -0.4 is 0 Å². The molecule has 2 nitrogen and oxygen atoms in total. The molecular weight excluding hydrogens is 314 g/mol. The Labute approximate surface area is 128 Å². The van der Waals surface area contributed by atoms with Crippen molar-refractivity contribution in [1.29, 1.82) is 0 Å². The fraction of sp³-hybridized carbons (Fsp3) is 0.235. The highest BCUT2D eigenvalue weighted by molar-refractivity contribution is 9.10. The van der Waals surface area contributed by atoms with Gasteiger partial charge in [-0.15, -0.1) is 0 Å². The highest BCUT2D eigenvalue weighted by Crippen LogP contribution is 2.20. The molecule has 20 heavy (non-hydrogen) atoms. The van der Waals surface area contributed by atoms with E-state index in [0.717, 1.165) is 28.6 Å². The third kappa shape index (κ3) is 3.48. The monoisotopic (exact) mass is 331 g/mol. The average molecular weight is 332 g/mol. The molecule has 0 heterocycles. The van der Waals surface area contributed by atoms with Crippen molar-refractivity contribution < 1.29 is 4.79 Å². The fourth-order valence-electron chi connectivity index (χ4n) is 2.09.